The monoisotopic (exact) mass is 380 g/mol. The molecule has 150 valence electrons. The molecule has 1 aliphatic rings. The van der Waals surface area contributed by atoms with Crippen LogP contribution in [0.2, 0.25) is 0 Å². The van der Waals surface area contributed by atoms with E-state index in [-0.39, 0.29) is 5.82 Å². The molecule has 1 saturated heterocycles. The summed E-state index contributed by atoms with van der Waals surface area (Å²) in [5.74, 6) is 0.423. The molecule has 0 spiro atoms. The zero-order valence-corrected chi connectivity index (χ0v) is 17.3. The molecule has 1 atom stereocenters. The first kappa shape index (κ1) is 20.7. The molecule has 3 rings (SSSR count). The van der Waals surface area contributed by atoms with E-state index in [1.165, 1.54) is 18.5 Å². The number of benzene rings is 1. The highest BCUT2D eigenvalue weighted by molar-refractivity contribution is 5.25. The van der Waals surface area contributed by atoms with E-state index < -0.39 is 0 Å². The van der Waals surface area contributed by atoms with E-state index in [2.05, 4.69) is 42.7 Å². The van der Waals surface area contributed by atoms with Crippen LogP contribution in [0.4, 0.5) is 4.39 Å². The topological polar surface area (TPSA) is 16.1 Å². The van der Waals surface area contributed by atoms with E-state index in [0.29, 0.717) is 18.4 Å². The number of rotatable bonds is 8. The highest BCUT2D eigenvalue weighted by Gasteiger charge is 2.24. The first-order valence-corrected chi connectivity index (χ1v) is 10.7. The van der Waals surface area contributed by atoms with Crippen LogP contribution < -0.4 is 0 Å². The summed E-state index contributed by atoms with van der Waals surface area (Å²) < 4.78 is 14.1. The SMILES string of the molecule is C=CC(CCC)N1CCC(c2cccc(CCc3ccc(C)cc3F)n2)CC1. The smallest absolute Gasteiger partial charge is 0.126 e. The molecule has 0 bridgehead atoms. The van der Waals surface area contributed by atoms with Crippen molar-refractivity contribution in [2.24, 2.45) is 0 Å². The number of halogens is 1. The fourth-order valence-corrected chi connectivity index (χ4v) is 4.25. The van der Waals surface area contributed by atoms with E-state index in [0.717, 1.165) is 49.2 Å². The van der Waals surface area contributed by atoms with Gasteiger partial charge in [-0.25, -0.2) is 4.39 Å². The summed E-state index contributed by atoms with van der Waals surface area (Å²) in [4.78, 5) is 7.49. The summed E-state index contributed by atoms with van der Waals surface area (Å²) in [7, 11) is 0. The Labute approximate surface area is 169 Å². The fourth-order valence-electron chi connectivity index (χ4n) is 4.25. The van der Waals surface area contributed by atoms with Gasteiger partial charge in [0.25, 0.3) is 0 Å². The minimum Gasteiger partial charge on any atom is -0.297 e. The Balaban J connectivity index is 1.58. The van der Waals surface area contributed by atoms with E-state index in [4.69, 9.17) is 4.98 Å². The Bertz CT molecular complexity index is 778. The molecule has 3 heteroatoms. The Hall–Kier alpha value is -2.00. The molecule has 0 aliphatic carbocycles. The normalized spacial score (nSPS) is 16.8. The predicted molar refractivity (Wildman–Crippen MR) is 115 cm³/mol. The van der Waals surface area contributed by atoms with Gasteiger partial charge in [-0.15, -0.1) is 6.58 Å². The maximum absolute atomic E-state index is 14.1. The first-order chi connectivity index (χ1) is 13.6. The predicted octanol–water partition coefficient (Wildman–Crippen LogP) is 5.85. The van der Waals surface area contributed by atoms with E-state index in [1.807, 2.05) is 19.1 Å². The largest absolute Gasteiger partial charge is 0.297 e. The molecule has 0 amide bonds. The molecule has 1 aromatic carbocycles. The van der Waals surface area contributed by atoms with Crippen LogP contribution in [0.25, 0.3) is 0 Å². The molecule has 1 aliphatic heterocycles. The summed E-state index contributed by atoms with van der Waals surface area (Å²) in [5, 5.41) is 0. The average Bonchev–Trinajstić information content (AvgIpc) is 2.72. The van der Waals surface area contributed by atoms with Gasteiger partial charge in [0.05, 0.1) is 0 Å². The van der Waals surface area contributed by atoms with Crippen molar-refractivity contribution in [2.75, 3.05) is 13.1 Å². The number of piperidine rings is 1. The second-order valence-corrected chi connectivity index (χ2v) is 8.05. The molecule has 28 heavy (non-hydrogen) atoms. The maximum Gasteiger partial charge on any atom is 0.126 e. The van der Waals surface area contributed by atoms with E-state index in [9.17, 15) is 4.39 Å². The van der Waals surface area contributed by atoms with Crippen molar-refractivity contribution in [3.05, 3.63) is 77.4 Å². The van der Waals surface area contributed by atoms with Crippen molar-refractivity contribution < 1.29 is 4.39 Å². The van der Waals surface area contributed by atoms with Crippen molar-refractivity contribution in [3.8, 4) is 0 Å². The van der Waals surface area contributed by atoms with Crippen molar-refractivity contribution >= 4 is 0 Å². The average molecular weight is 381 g/mol. The summed E-state index contributed by atoms with van der Waals surface area (Å²) in [6, 6.07) is 12.3. The zero-order valence-electron chi connectivity index (χ0n) is 17.3. The maximum atomic E-state index is 14.1. The molecule has 2 aromatic rings. The van der Waals surface area contributed by atoms with Crippen LogP contribution in [-0.4, -0.2) is 29.0 Å². The van der Waals surface area contributed by atoms with Crippen LogP contribution in [-0.2, 0) is 12.8 Å². The second-order valence-electron chi connectivity index (χ2n) is 8.05. The molecule has 2 heterocycles. The summed E-state index contributed by atoms with van der Waals surface area (Å²) in [5.41, 5.74) is 4.00. The standard InChI is InChI=1S/C25H33FN2/c1-4-7-23(5-2)28-16-14-21(15-17-28)25-9-6-8-22(27-25)13-12-20-11-10-19(3)18-24(20)26/h5-6,8-11,18,21,23H,2,4,7,12-17H2,1,3H3. The van der Waals surface area contributed by atoms with Crippen molar-refractivity contribution in [3.63, 3.8) is 0 Å². The fraction of sp³-hybridized carbons (Fsp3) is 0.480. The lowest BCUT2D eigenvalue weighted by atomic mass is 9.91. The number of hydrogen-bond acceptors (Lipinski definition) is 2. The van der Waals surface area contributed by atoms with Gasteiger partial charge < -0.3 is 0 Å². The molecule has 1 unspecified atom stereocenters. The number of likely N-dealkylation sites (tertiary alicyclic amines) is 1. The van der Waals surface area contributed by atoms with Crippen LogP contribution in [0, 0.1) is 12.7 Å². The minimum atomic E-state index is -0.104. The molecular formula is C25H33FN2. The molecule has 0 saturated carbocycles. The third-order valence-electron chi connectivity index (χ3n) is 5.96. The lowest BCUT2D eigenvalue weighted by Crippen LogP contribution is -2.40. The van der Waals surface area contributed by atoms with Crippen LogP contribution in [0.3, 0.4) is 0 Å². The van der Waals surface area contributed by atoms with Gasteiger partial charge in [0.1, 0.15) is 5.82 Å². The van der Waals surface area contributed by atoms with Gasteiger partial charge in [-0.1, -0.05) is 37.6 Å². The lowest BCUT2D eigenvalue weighted by molar-refractivity contribution is 0.169. The first-order valence-electron chi connectivity index (χ1n) is 10.7. The number of aromatic nitrogens is 1. The molecule has 1 fully saturated rings. The van der Waals surface area contributed by atoms with Crippen LogP contribution in [0.5, 0.6) is 0 Å². The van der Waals surface area contributed by atoms with Crippen LogP contribution in [0.15, 0.2) is 49.1 Å². The van der Waals surface area contributed by atoms with Gasteiger partial charge in [0.15, 0.2) is 0 Å². The van der Waals surface area contributed by atoms with Gasteiger partial charge >= 0.3 is 0 Å². The Kier molecular flexibility index (Phi) is 7.38. The Morgan fingerprint density at radius 3 is 2.68 bits per heavy atom. The van der Waals surface area contributed by atoms with Crippen molar-refractivity contribution in [1.29, 1.82) is 0 Å². The molecular weight excluding hydrogens is 347 g/mol. The van der Waals surface area contributed by atoms with Crippen LogP contribution >= 0.6 is 0 Å². The van der Waals surface area contributed by atoms with Crippen molar-refractivity contribution in [1.82, 2.24) is 9.88 Å². The summed E-state index contributed by atoms with van der Waals surface area (Å²) in [6.07, 6.45) is 8.26. The number of nitrogens with zero attached hydrogens (tertiary/aromatic N) is 2. The lowest BCUT2D eigenvalue weighted by Gasteiger charge is -2.36. The molecule has 0 radical (unpaired) electrons. The Morgan fingerprint density at radius 1 is 1.21 bits per heavy atom. The number of hydrogen-bond donors (Lipinski definition) is 0. The summed E-state index contributed by atoms with van der Waals surface area (Å²) >= 11 is 0. The molecule has 0 N–H and O–H groups in total. The third kappa shape index (κ3) is 5.29. The highest BCUT2D eigenvalue weighted by Crippen LogP contribution is 2.28. The zero-order chi connectivity index (χ0) is 19.9. The van der Waals surface area contributed by atoms with Gasteiger partial charge in [-0.2, -0.15) is 0 Å². The highest BCUT2D eigenvalue weighted by atomic mass is 19.1. The third-order valence-corrected chi connectivity index (χ3v) is 5.96. The quantitative estimate of drug-likeness (QED) is 0.534. The van der Waals surface area contributed by atoms with E-state index in [1.54, 1.807) is 6.07 Å². The van der Waals surface area contributed by atoms with E-state index >= 15 is 0 Å². The summed E-state index contributed by atoms with van der Waals surface area (Å²) in [6.45, 7) is 10.4. The Morgan fingerprint density at radius 2 is 2.00 bits per heavy atom. The van der Waals surface area contributed by atoms with Crippen LogP contribution in [0.1, 0.15) is 61.0 Å². The van der Waals surface area contributed by atoms with Gasteiger partial charge in [0.2, 0.25) is 0 Å². The van der Waals surface area contributed by atoms with Crippen molar-refractivity contribution in [2.45, 2.75) is 64.3 Å². The molecule has 2 nitrogen and oxygen atoms in total. The van der Waals surface area contributed by atoms with Gasteiger partial charge in [-0.3, -0.25) is 9.88 Å². The van der Waals surface area contributed by atoms with Gasteiger partial charge in [0, 0.05) is 23.3 Å². The molecule has 1 aromatic heterocycles. The second kappa shape index (κ2) is 9.97. The number of pyridine rings is 1. The minimum absolute atomic E-state index is 0.104. The number of aryl methyl sites for hydroxylation is 3. The van der Waals surface area contributed by atoms with Gasteiger partial charge in [-0.05, 0) is 81.4 Å².